The second kappa shape index (κ2) is 77.6. The molecule has 3 heterocycles. The topological polar surface area (TPSA) is 510 Å². The van der Waals surface area contributed by atoms with Crippen molar-refractivity contribution in [3.8, 4) is 17.2 Å². The number of nitrogens with zero attached hydrogens (tertiary/aromatic N) is 4. The summed E-state index contributed by atoms with van der Waals surface area (Å²) in [5.74, 6) is -15.8. The van der Waals surface area contributed by atoms with Crippen molar-refractivity contribution in [2.75, 3.05) is 192 Å². The SMILES string of the molecule is CCC(C)CCOCC(=O)ON1C(=O)CCC1=O.CCC(C)COC(=O)Oc1ccc([N+](=O)[O-])cc1.CCC(C)COCC(=O)ON1C(=O)CCC1=O.CCC(C)COCCCCCC(=O)ON1C(=O)CCC1=O.COCCOCCOC(=O)N[C@@H](CSCCOCCOC)C(=O)Oc1c(F)c(C)cc(F)c1F.COCCOCCOC[C@H](NC(=O)OCCOCCOC)C(=O)Oc1c(F)c(C)cc(F)c1F. The molecule has 804 valence electrons. The number of ether oxygens (including phenoxy) is 18. The average molecular weight is 2060 g/mol. The fraction of sp³-hybridized carbons (Fsp3) is 0.652. The highest BCUT2D eigenvalue weighted by Gasteiger charge is 2.37. The molecule has 8 amide bonds. The molecule has 6 atom stereocenters. The van der Waals surface area contributed by atoms with Crippen LogP contribution < -0.4 is 24.8 Å². The summed E-state index contributed by atoms with van der Waals surface area (Å²) in [6.07, 6.45) is 5.37. The lowest BCUT2D eigenvalue weighted by molar-refractivity contribution is -0.384. The molecule has 6 rings (SSSR count). The predicted molar refractivity (Wildman–Crippen MR) is 489 cm³/mol. The first kappa shape index (κ1) is 129. The van der Waals surface area contributed by atoms with Crippen LogP contribution in [0.4, 0.5) is 46.4 Å². The van der Waals surface area contributed by atoms with E-state index in [-0.39, 0.29) is 132 Å². The third kappa shape index (κ3) is 57.4. The van der Waals surface area contributed by atoms with Gasteiger partial charge in [-0.1, -0.05) is 87.5 Å². The van der Waals surface area contributed by atoms with Crippen LogP contribution in [0.15, 0.2) is 36.4 Å². The van der Waals surface area contributed by atoms with Crippen molar-refractivity contribution in [2.24, 2.45) is 23.7 Å². The Kier molecular flexibility index (Phi) is 70.6. The van der Waals surface area contributed by atoms with Gasteiger partial charge < -0.3 is 110 Å². The van der Waals surface area contributed by atoms with Gasteiger partial charge in [-0.3, -0.25) is 38.9 Å². The van der Waals surface area contributed by atoms with Crippen LogP contribution in [0.25, 0.3) is 0 Å². The number of halogens is 6. The molecule has 3 aromatic rings. The van der Waals surface area contributed by atoms with E-state index in [1.165, 1.54) is 78.3 Å². The van der Waals surface area contributed by atoms with E-state index in [9.17, 15) is 104 Å². The monoisotopic (exact) mass is 2060 g/mol. The van der Waals surface area contributed by atoms with Crippen LogP contribution in [-0.4, -0.2) is 308 Å². The van der Waals surface area contributed by atoms with Gasteiger partial charge in [0.05, 0.1) is 104 Å². The number of esters is 2. The molecule has 0 aromatic heterocycles. The summed E-state index contributed by atoms with van der Waals surface area (Å²) in [6.45, 7) is 23.8. The maximum Gasteiger partial charge on any atom is 0.513 e. The summed E-state index contributed by atoms with van der Waals surface area (Å²) in [5, 5.41) is 16.5. The molecule has 0 radical (unpaired) electrons. The molecule has 0 saturated carbocycles. The standard InChI is InChI=1S/C21H30F3NO9.C21H30F3NO8S.C15H25NO5.C12H15NO5.C12H19NO5.C11H17NO5/c1-14-12-15(22)18(24)19(17(14)23)34-20(26)16(13-32-9-8-30-6-4-28-2)25-21(27)33-11-10-31-7-5-29-3;1-14-12-15(22)18(24)19(17(14)23)33-20(26)16(13-34-11-10-31-7-5-29-3)25-21(27)32-9-8-30-6-4-28-2;1-3-12(2)11-20-10-6-4-5-7-15(19)21-16-13(17)8-9-14(16)18;1-3-9(2)8-17-12(14)18-11-6-4-10(5-7-11)13(15)16;1-3-9(2)6-7-17-8-12(16)18-13-10(14)4-5-11(13)15;1-3-8(2)6-16-7-11(15)17-12-9(13)4-5-10(12)14/h2*12,16H,4-11,13H2,1-3H3,(H,25,27);12H,3-11H2,1-2H3;4-7,9H,3,8H2,1-2H3;9H,3-8H2,1-2H3;8H,3-7H2,1-2H3/t2*16-;;;;/m00..../s1. The van der Waals surface area contributed by atoms with Crippen LogP contribution in [0, 0.1) is 82.5 Å². The third-order valence-electron chi connectivity index (χ3n) is 19.4. The Labute approximate surface area is 824 Å². The number of nitro benzene ring substituents is 1. The number of benzene rings is 3. The first-order valence-corrected chi connectivity index (χ1v) is 47.0. The maximum atomic E-state index is 14.2. The number of methoxy groups -OCH3 is 4. The lowest BCUT2D eigenvalue weighted by atomic mass is 10.1. The summed E-state index contributed by atoms with van der Waals surface area (Å²) in [5.41, 5.74) is -0.583. The van der Waals surface area contributed by atoms with Gasteiger partial charge in [-0.05, 0) is 92.2 Å². The van der Waals surface area contributed by atoms with Crippen molar-refractivity contribution in [3.05, 3.63) is 92.5 Å². The minimum absolute atomic E-state index is 0.0244. The molecule has 3 saturated heterocycles. The molecular weight excluding hydrogens is 1930 g/mol. The second-order valence-corrected chi connectivity index (χ2v) is 32.3. The Morgan fingerprint density at radius 3 is 1.21 bits per heavy atom. The minimum atomic E-state index is -1.68. The molecule has 50 heteroatoms. The van der Waals surface area contributed by atoms with Crippen molar-refractivity contribution >= 4 is 101 Å². The van der Waals surface area contributed by atoms with E-state index in [1.807, 2.05) is 27.7 Å². The zero-order chi connectivity index (χ0) is 106. The summed E-state index contributed by atoms with van der Waals surface area (Å²) in [6, 6.07) is 3.62. The van der Waals surface area contributed by atoms with Gasteiger partial charge in [0.1, 0.15) is 38.2 Å². The van der Waals surface area contributed by atoms with Gasteiger partial charge in [0.25, 0.3) is 41.1 Å². The number of nitrogens with one attached hydrogen (secondary N) is 2. The van der Waals surface area contributed by atoms with Gasteiger partial charge >= 0.3 is 48.2 Å². The van der Waals surface area contributed by atoms with Gasteiger partial charge in [0, 0.05) is 123 Å². The molecule has 3 fully saturated rings. The normalized spacial score (nSPS) is 13.8. The third-order valence-corrected chi connectivity index (χ3v) is 20.4. The zero-order valence-corrected chi connectivity index (χ0v) is 83.6. The maximum absolute atomic E-state index is 14.2. The number of nitro groups is 1. The number of thioether (sulfide) groups is 1. The van der Waals surface area contributed by atoms with Gasteiger partial charge in [0.15, 0.2) is 29.3 Å². The van der Waals surface area contributed by atoms with E-state index in [4.69, 9.17) is 90.1 Å². The number of rotatable bonds is 62. The predicted octanol–water partition coefficient (Wildman–Crippen LogP) is 11.3. The Morgan fingerprint density at radius 2 is 0.782 bits per heavy atom. The van der Waals surface area contributed by atoms with Crippen LogP contribution >= 0.6 is 11.8 Å². The highest BCUT2D eigenvalue weighted by Crippen LogP contribution is 2.30. The number of hydroxylamine groups is 6. The number of non-ortho nitro benzene ring substituents is 1. The fourth-order valence-corrected chi connectivity index (χ4v) is 11.1. The molecule has 4 unspecified atom stereocenters. The van der Waals surface area contributed by atoms with Crippen LogP contribution in [-0.2, 0) is 138 Å². The number of amides is 8. The van der Waals surface area contributed by atoms with E-state index in [2.05, 4.69) is 48.0 Å². The minimum Gasteiger partial charge on any atom is -0.447 e. The van der Waals surface area contributed by atoms with E-state index in [1.54, 1.807) is 0 Å². The van der Waals surface area contributed by atoms with Gasteiger partial charge in [-0.2, -0.15) is 20.5 Å². The molecule has 3 aliphatic heterocycles. The van der Waals surface area contributed by atoms with Crippen LogP contribution in [0.1, 0.15) is 163 Å². The number of aryl methyl sites for hydroxylation is 2. The first-order valence-electron chi connectivity index (χ1n) is 45.8. The zero-order valence-electron chi connectivity index (χ0n) is 82.8. The van der Waals surface area contributed by atoms with Crippen molar-refractivity contribution < 1.29 is 198 Å². The molecule has 3 aromatic carbocycles. The van der Waals surface area contributed by atoms with Crippen molar-refractivity contribution in [2.45, 2.75) is 178 Å². The van der Waals surface area contributed by atoms with Crippen LogP contribution in [0.5, 0.6) is 17.2 Å². The Balaban J connectivity index is 0.000000873. The van der Waals surface area contributed by atoms with E-state index in [0.717, 1.165) is 51.6 Å². The molecule has 2 N–H and O–H groups in total. The first-order chi connectivity index (χ1) is 67.8. The largest absolute Gasteiger partial charge is 0.513 e. The quantitative estimate of drug-likeness (QED) is 0.00506. The van der Waals surface area contributed by atoms with E-state index < -0.39 is 154 Å². The summed E-state index contributed by atoms with van der Waals surface area (Å²) in [4.78, 5) is 186. The number of imide groups is 3. The molecule has 0 bridgehead atoms. The van der Waals surface area contributed by atoms with Gasteiger partial charge in [-0.25, -0.2) is 55.9 Å². The summed E-state index contributed by atoms with van der Waals surface area (Å²) >= 11 is 1.22. The second-order valence-electron chi connectivity index (χ2n) is 31.2. The number of hydrogen-bond donors (Lipinski definition) is 2. The van der Waals surface area contributed by atoms with Gasteiger partial charge in [-0.15, -0.1) is 15.2 Å². The lowest BCUT2D eigenvalue weighted by Gasteiger charge is -2.18. The molecule has 3 aliphatic rings. The summed E-state index contributed by atoms with van der Waals surface area (Å²) < 4.78 is 174. The van der Waals surface area contributed by atoms with Crippen molar-refractivity contribution in [1.82, 2.24) is 25.8 Å². The Morgan fingerprint density at radius 1 is 0.408 bits per heavy atom. The van der Waals surface area contributed by atoms with E-state index >= 15 is 0 Å². The molecular formula is C92H136F6N6O37S. The molecule has 0 spiro atoms. The Bertz CT molecular complexity index is 4080. The van der Waals surface area contributed by atoms with Crippen molar-refractivity contribution in [3.63, 3.8) is 0 Å². The van der Waals surface area contributed by atoms with Crippen LogP contribution in [0.2, 0.25) is 0 Å². The number of unbranched alkanes of at least 4 members (excludes halogenated alkanes) is 2. The van der Waals surface area contributed by atoms with Gasteiger partial charge in [0.2, 0.25) is 23.1 Å². The summed E-state index contributed by atoms with van der Waals surface area (Å²) in [7, 11) is 6.07. The highest BCUT2D eigenvalue weighted by molar-refractivity contribution is 7.99. The number of carbonyl (C=O) groups is 14. The molecule has 43 nitrogen and oxygen atoms in total. The number of alkyl carbamates (subject to hydrolysis) is 2. The Hall–Kier alpha value is -10.9. The average Bonchev–Trinajstić information content (AvgIpc) is 0.945. The van der Waals surface area contributed by atoms with E-state index in [0.29, 0.717) is 143 Å². The smallest absolute Gasteiger partial charge is 0.447 e. The lowest BCUT2D eigenvalue weighted by Crippen LogP contribution is -2.46. The molecule has 142 heavy (non-hydrogen) atoms. The fourth-order valence-electron chi connectivity index (χ4n) is 10.3. The number of carbonyl (C=O) groups excluding carboxylic acids is 14. The number of hydrogen-bond acceptors (Lipinski definition) is 38. The highest BCUT2D eigenvalue weighted by atomic mass is 32.2. The van der Waals surface area contributed by atoms with Crippen LogP contribution in [0.3, 0.4) is 0 Å². The van der Waals surface area contributed by atoms with Crippen molar-refractivity contribution in [1.29, 1.82) is 0 Å². The molecule has 0 aliphatic carbocycles.